The number of hydrogen-bond acceptors (Lipinski definition) is 5. The van der Waals surface area contributed by atoms with Gasteiger partial charge in [0.05, 0.1) is 5.75 Å². The van der Waals surface area contributed by atoms with Gasteiger partial charge in [0.15, 0.2) is 11.0 Å². The van der Waals surface area contributed by atoms with Gasteiger partial charge in [0.25, 0.3) is 0 Å². The van der Waals surface area contributed by atoms with Crippen molar-refractivity contribution in [2.75, 3.05) is 18.8 Å². The van der Waals surface area contributed by atoms with E-state index in [1.807, 2.05) is 4.90 Å². The van der Waals surface area contributed by atoms with Gasteiger partial charge < -0.3 is 10.6 Å². The predicted octanol–water partition coefficient (Wildman–Crippen LogP) is 4.17. The van der Waals surface area contributed by atoms with E-state index in [9.17, 15) is 9.59 Å². The van der Waals surface area contributed by atoms with Gasteiger partial charge in [0.1, 0.15) is 0 Å². The highest BCUT2D eigenvalue weighted by Crippen LogP contribution is 2.37. The Labute approximate surface area is 200 Å². The molecule has 7 nitrogen and oxygen atoms in total. The molecule has 1 aliphatic heterocycles. The topological polar surface area (TPSA) is 94.1 Å². The molecule has 1 aromatic heterocycles. The van der Waals surface area contributed by atoms with E-state index in [1.54, 1.807) is 0 Å². The third-order valence-corrected chi connectivity index (χ3v) is 7.87. The lowest BCUT2D eigenvalue weighted by Crippen LogP contribution is -2.42. The van der Waals surface area contributed by atoms with E-state index in [-0.39, 0.29) is 23.1 Å². The molecule has 2 N–H and O–H groups in total. The number of nitrogens with two attached hydrogens (primary N) is 1. The van der Waals surface area contributed by atoms with Gasteiger partial charge in [-0.25, -0.2) is 0 Å². The van der Waals surface area contributed by atoms with E-state index in [4.69, 9.17) is 5.73 Å². The first-order chi connectivity index (χ1) is 15.7. The molecule has 0 atom stereocenters. The Kier molecular flexibility index (Phi) is 7.12. The molecule has 1 saturated carbocycles. The standard InChI is InChI=1S/C25H35N5O2S/c1-25(2,3)19-10-8-18(9-11-19)23-27-28-24(30(23)20-6-4-5-7-20)33-16-21(31)29-14-12-17(13-15-29)22(26)32/h8-11,17,20H,4-7,12-16H2,1-3H3,(H2,26,32). The van der Waals surface area contributed by atoms with Crippen molar-refractivity contribution in [3.05, 3.63) is 29.8 Å². The molecule has 0 radical (unpaired) electrons. The number of amides is 2. The number of benzene rings is 1. The first-order valence-corrected chi connectivity index (χ1v) is 13.0. The Morgan fingerprint density at radius 2 is 1.67 bits per heavy atom. The summed E-state index contributed by atoms with van der Waals surface area (Å²) in [5.41, 5.74) is 7.87. The summed E-state index contributed by atoms with van der Waals surface area (Å²) >= 11 is 1.47. The summed E-state index contributed by atoms with van der Waals surface area (Å²) in [6, 6.07) is 9.00. The number of piperidine rings is 1. The Morgan fingerprint density at radius 1 is 1.03 bits per heavy atom. The van der Waals surface area contributed by atoms with Gasteiger partial charge in [0.2, 0.25) is 11.8 Å². The maximum absolute atomic E-state index is 12.8. The molecule has 8 heteroatoms. The summed E-state index contributed by atoms with van der Waals surface area (Å²) in [5.74, 6) is 0.929. The zero-order valence-electron chi connectivity index (χ0n) is 19.9. The average molecular weight is 470 g/mol. The van der Waals surface area contributed by atoms with Gasteiger partial charge >= 0.3 is 0 Å². The molecule has 1 aliphatic carbocycles. The number of hydrogen-bond donors (Lipinski definition) is 1. The number of thioether (sulfide) groups is 1. The minimum Gasteiger partial charge on any atom is -0.369 e. The molecule has 2 heterocycles. The highest BCUT2D eigenvalue weighted by molar-refractivity contribution is 7.99. The molecule has 1 saturated heterocycles. The minimum absolute atomic E-state index is 0.0833. The SMILES string of the molecule is CC(C)(C)c1ccc(-c2nnc(SCC(=O)N3CCC(C(N)=O)CC3)n2C2CCCC2)cc1. The van der Waals surface area contributed by atoms with E-state index in [0.717, 1.165) is 29.4 Å². The van der Waals surface area contributed by atoms with Crippen LogP contribution in [0.4, 0.5) is 0 Å². The fourth-order valence-electron chi connectivity index (χ4n) is 4.81. The number of rotatable bonds is 6. The lowest BCUT2D eigenvalue weighted by atomic mass is 9.86. The van der Waals surface area contributed by atoms with Crippen LogP contribution in [0.2, 0.25) is 0 Å². The van der Waals surface area contributed by atoms with Crippen molar-refractivity contribution in [2.24, 2.45) is 11.7 Å². The second kappa shape index (κ2) is 9.87. The van der Waals surface area contributed by atoms with Crippen LogP contribution in [-0.4, -0.2) is 50.3 Å². The number of carbonyl (C=O) groups excluding carboxylic acids is 2. The fourth-order valence-corrected chi connectivity index (χ4v) is 5.72. The zero-order chi connectivity index (χ0) is 23.6. The van der Waals surface area contributed by atoms with Crippen LogP contribution in [0.3, 0.4) is 0 Å². The summed E-state index contributed by atoms with van der Waals surface area (Å²) in [7, 11) is 0. The molecular weight excluding hydrogens is 434 g/mol. The van der Waals surface area contributed by atoms with Crippen LogP contribution in [0.15, 0.2) is 29.4 Å². The van der Waals surface area contributed by atoms with Crippen molar-refractivity contribution in [3.8, 4) is 11.4 Å². The number of likely N-dealkylation sites (tertiary alicyclic amines) is 1. The molecule has 0 bridgehead atoms. The van der Waals surface area contributed by atoms with Crippen molar-refractivity contribution in [2.45, 2.75) is 75.9 Å². The molecule has 0 spiro atoms. The van der Waals surface area contributed by atoms with Crippen LogP contribution in [-0.2, 0) is 15.0 Å². The number of aromatic nitrogens is 3. The summed E-state index contributed by atoms with van der Waals surface area (Å²) in [6.07, 6.45) is 5.96. The second-order valence-electron chi connectivity index (χ2n) is 10.3. The highest BCUT2D eigenvalue weighted by atomic mass is 32.2. The summed E-state index contributed by atoms with van der Waals surface area (Å²) in [4.78, 5) is 26.1. The molecule has 4 rings (SSSR count). The Balaban J connectivity index is 1.49. The maximum atomic E-state index is 12.8. The summed E-state index contributed by atoms with van der Waals surface area (Å²) in [6.45, 7) is 7.82. The van der Waals surface area contributed by atoms with Gasteiger partial charge in [-0.1, -0.05) is 69.6 Å². The van der Waals surface area contributed by atoms with Crippen LogP contribution >= 0.6 is 11.8 Å². The fraction of sp³-hybridized carbons (Fsp3) is 0.600. The molecule has 0 unspecified atom stereocenters. The average Bonchev–Trinajstić information content (AvgIpc) is 3.46. The van der Waals surface area contributed by atoms with Gasteiger partial charge in [0, 0.05) is 30.6 Å². The van der Waals surface area contributed by atoms with E-state index in [2.05, 4.69) is 59.8 Å². The van der Waals surface area contributed by atoms with Gasteiger partial charge in [-0.2, -0.15) is 0 Å². The summed E-state index contributed by atoms with van der Waals surface area (Å²) in [5, 5.41) is 9.88. The van der Waals surface area contributed by atoms with Crippen molar-refractivity contribution >= 4 is 23.6 Å². The second-order valence-corrected chi connectivity index (χ2v) is 11.2. The summed E-state index contributed by atoms with van der Waals surface area (Å²) < 4.78 is 2.26. The lowest BCUT2D eigenvalue weighted by Gasteiger charge is -2.30. The van der Waals surface area contributed by atoms with Crippen LogP contribution in [0.1, 0.15) is 70.9 Å². The van der Waals surface area contributed by atoms with E-state index >= 15 is 0 Å². The van der Waals surface area contributed by atoms with Crippen LogP contribution in [0.25, 0.3) is 11.4 Å². The Bertz CT molecular complexity index is 981. The lowest BCUT2D eigenvalue weighted by molar-refractivity contribution is -0.132. The monoisotopic (exact) mass is 469 g/mol. The molecular formula is C25H35N5O2S. The van der Waals surface area contributed by atoms with Crippen molar-refractivity contribution in [1.82, 2.24) is 19.7 Å². The Morgan fingerprint density at radius 3 is 2.24 bits per heavy atom. The smallest absolute Gasteiger partial charge is 0.233 e. The van der Waals surface area contributed by atoms with Crippen LogP contribution in [0, 0.1) is 5.92 Å². The van der Waals surface area contributed by atoms with Crippen LogP contribution in [0.5, 0.6) is 0 Å². The quantitative estimate of drug-likeness (QED) is 0.641. The van der Waals surface area contributed by atoms with E-state index in [0.29, 0.717) is 37.7 Å². The predicted molar refractivity (Wildman–Crippen MR) is 131 cm³/mol. The molecule has 1 aromatic carbocycles. The first kappa shape index (κ1) is 23.8. The number of nitrogens with zero attached hydrogens (tertiary/aromatic N) is 4. The molecule has 33 heavy (non-hydrogen) atoms. The first-order valence-electron chi connectivity index (χ1n) is 12.0. The largest absolute Gasteiger partial charge is 0.369 e. The molecule has 2 aromatic rings. The zero-order valence-corrected chi connectivity index (χ0v) is 20.7. The third-order valence-electron chi connectivity index (χ3n) is 6.94. The maximum Gasteiger partial charge on any atom is 0.233 e. The van der Waals surface area contributed by atoms with Crippen molar-refractivity contribution in [1.29, 1.82) is 0 Å². The minimum atomic E-state index is -0.260. The van der Waals surface area contributed by atoms with Crippen LogP contribution < -0.4 is 5.73 Å². The van der Waals surface area contributed by atoms with E-state index in [1.165, 1.54) is 30.2 Å². The Hall–Kier alpha value is -2.35. The third kappa shape index (κ3) is 5.42. The van der Waals surface area contributed by atoms with Gasteiger partial charge in [-0.05, 0) is 36.7 Å². The molecule has 2 aliphatic rings. The molecule has 2 amide bonds. The molecule has 2 fully saturated rings. The van der Waals surface area contributed by atoms with E-state index < -0.39 is 0 Å². The van der Waals surface area contributed by atoms with Crippen molar-refractivity contribution in [3.63, 3.8) is 0 Å². The number of primary amides is 1. The molecule has 178 valence electrons. The van der Waals surface area contributed by atoms with Gasteiger partial charge in [-0.15, -0.1) is 10.2 Å². The highest BCUT2D eigenvalue weighted by Gasteiger charge is 2.28. The van der Waals surface area contributed by atoms with Gasteiger partial charge in [-0.3, -0.25) is 14.2 Å². The van der Waals surface area contributed by atoms with Crippen molar-refractivity contribution < 1.29 is 9.59 Å². The number of carbonyl (C=O) groups is 2. The normalized spacial score (nSPS) is 18.1.